The van der Waals surface area contributed by atoms with Gasteiger partial charge in [-0.1, -0.05) is 0 Å². The van der Waals surface area contributed by atoms with E-state index in [1.165, 1.54) is 23.9 Å². The van der Waals surface area contributed by atoms with Gasteiger partial charge in [0.2, 0.25) is 0 Å². The zero-order valence-corrected chi connectivity index (χ0v) is 13.3. The Hall–Kier alpha value is -3.00. The molecule has 8 nitrogen and oxygen atoms in total. The van der Waals surface area contributed by atoms with Crippen LogP contribution in [0.2, 0.25) is 0 Å². The molecule has 0 aliphatic carbocycles. The fourth-order valence-corrected chi connectivity index (χ4v) is 2.22. The topological polar surface area (TPSA) is 99.2 Å². The molecule has 0 radical (unpaired) electrons. The van der Waals surface area contributed by atoms with Crippen LogP contribution in [0, 0.1) is 6.92 Å². The van der Waals surface area contributed by atoms with E-state index in [4.69, 9.17) is 9.15 Å². The average molecular weight is 328 g/mol. The maximum Gasteiger partial charge on any atom is 0.276 e. The molecule has 124 valence electrons. The number of amides is 1. The highest BCUT2D eigenvalue weighted by molar-refractivity contribution is 6.03. The van der Waals surface area contributed by atoms with Crippen molar-refractivity contribution in [2.75, 3.05) is 19.0 Å². The zero-order valence-electron chi connectivity index (χ0n) is 13.3. The Kier molecular flexibility index (Phi) is 4.39. The van der Waals surface area contributed by atoms with Crippen LogP contribution in [0.5, 0.6) is 0 Å². The Labute approximate surface area is 137 Å². The number of nitrogens with one attached hydrogen (secondary N) is 1. The molecule has 0 aliphatic rings. The molecule has 8 heteroatoms. The van der Waals surface area contributed by atoms with Crippen LogP contribution in [0.1, 0.15) is 16.4 Å². The van der Waals surface area contributed by atoms with Crippen LogP contribution in [0.25, 0.3) is 11.1 Å². The molecule has 3 rings (SSSR count). The van der Waals surface area contributed by atoms with Gasteiger partial charge in [-0.3, -0.25) is 9.59 Å². The van der Waals surface area contributed by atoms with Gasteiger partial charge in [-0.2, -0.15) is 5.10 Å². The molecule has 1 aromatic carbocycles. The Bertz CT molecular complexity index is 945. The van der Waals surface area contributed by atoms with Crippen molar-refractivity contribution >= 4 is 22.7 Å². The highest BCUT2D eigenvalue weighted by atomic mass is 16.5. The Morgan fingerprint density at radius 3 is 2.96 bits per heavy atom. The third-order valence-electron chi connectivity index (χ3n) is 3.36. The molecule has 24 heavy (non-hydrogen) atoms. The maximum atomic E-state index is 12.3. The number of oxazole rings is 1. The molecule has 0 unspecified atom stereocenters. The number of fused-ring (bicyclic) bond motifs is 1. The minimum absolute atomic E-state index is 0.141. The number of aryl methyl sites for hydroxylation is 1. The first kappa shape index (κ1) is 15.9. The van der Waals surface area contributed by atoms with Crippen LogP contribution in [-0.2, 0) is 11.3 Å². The Morgan fingerprint density at radius 2 is 2.17 bits per heavy atom. The van der Waals surface area contributed by atoms with Gasteiger partial charge in [-0.25, -0.2) is 9.67 Å². The summed E-state index contributed by atoms with van der Waals surface area (Å²) in [6.45, 7) is 2.37. The number of ether oxygens (including phenoxy) is 1. The number of nitrogens with zero attached hydrogens (tertiary/aromatic N) is 3. The molecule has 0 atom stereocenters. The maximum absolute atomic E-state index is 12.3. The van der Waals surface area contributed by atoms with Gasteiger partial charge in [-0.15, -0.1) is 0 Å². The van der Waals surface area contributed by atoms with Gasteiger partial charge in [0, 0.05) is 25.8 Å². The van der Waals surface area contributed by atoms with E-state index in [2.05, 4.69) is 15.4 Å². The lowest BCUT2D eigenvalue weighted by Gasteiger charge is -2.07. The normalized spacial score (nSPS) is 10.9. The molecule has 0 aliphatic heterocycles. The summed E-state index contributed by atoms with van der Waals surface area (Å²) in [6.07, 6.45) is 0. The van der Waals surface area contributed by atoms with Crippen molar-refractivity contribution < 1.29 is 13.9 Å². The van der Waals surface area contributed by atoms with Crippen molar-refractivity contribution in [3.05, 3.63) is 52.3 Å². The van der Waals surface area contributed by atoms with Crippen LogP contribution in [-0.4, -0.2) is 34.4 Å². The average Bonchev–Trinajstić information content (AvgIpc) is 2.93. The first-order chi connectivity index (χ1) is 11.6. The molecule has 2 heterocycles. The monoisotopic (exact) mass is 328 g/mol. The van der Waals surface area contributed by atoms with Gasteiger partial charge in [-0.05, 0) is 24.3 Å². The number of methoxy groups -OCH3 is 1. The van der Waals surface area contributed by atoms with Crippen molar-refractivity contribution in [1.82, 2.24) is 14.8 Å². The largest absolute Gasteiger partial charge is 0.441 e. The van der Waals surface area contributed by atoms with E-state index < -0.39 is 5.91 Å². The second-order valence-electron chi connectivity index (χ2n) is 5.14. The number of hydrogen-bond donors (Lipinski definition) is 1. The Balaban J connectivity index is 1.81. The number of rotatable bonds is 5. The summed E-state index contributed by atoms with van der Waals surface area (Å²) in [4.78, 5) is 28.3. The standard InChI is InChI=1S/C16H16N4O4/c1-10-17-13-9-11(3-5-14(13)24-10)18-16(22)12-4-6-15(21)20(19-12)7-8-23-2/h3-6,9H,7-8H2,1-2H3,(H,18,22). The molecule has 0 saturated heterocycles. The minimum atomic E-state index is -0.416. The lowest BCUT2D eigenvalue weighted by molar-refractivity contribution is 0.101. The fraction of sp³-hybridized carbons (Fsp3) is 0.250. The number of anilines is 1. The number of carbonyl (C=O) groups is 1. The number of hydrogen-bond acceptors (Lipinski definition) is 6. The van der Waals surface area contributed by atoms with E-state index in [-0.39, 0.29) is 17.8 Å². The highest BCUT2D eigenvalue weighted by Crippen LogP contribution is 2.19. The number of carbonyl (C=O) groups excluding carboxylic acids is 1. The van der Waals surface area contributed by atoms with Crippen molar-refractivity contribution in [2.24, 2.45) is 0 Å². The minimum Gasteiger partial charge on any atom is -0.441 e. The summed E-state index contributed by atoms with van der Waals surface area (Å²) >= 11 is 0. The van der Waals surface area contributed by atoms with E-state index in [0.29, 0.717) is 29.3 Å². The molecule has 0 saturated carbocycles. The third kappa shape index (κ3) is 3.33. The smallest absolute Gasteiger partial charge is 0.276 e. The molecule has 2 aromatic heterocycles. The SMILES string of the molecule is COCCn1nc(C(=O)Nc2ccc3oc(C)nc3c2)ccc1=O. The summed E-state index contributed by atoms with van der Waals surface area (Å²) in [5, 5.41) is 6.78. The summed E-state index contributed by atoms with van der Waals surface area (Å²) < 4.78 is 11.5. The van der Waals surface area contributed by atoms with Gasteiger partial charge in [0.1, 0.15) is 11.2 Å². The molecule has 0 fully saturated rings. The van der Waals surface area contributed by atoms with Crippen LogP contribution in [0.15, 0.2) is 39.5 Å². The Morgan fingerprint density at radius 1 is 1.33 bits per heavy atom. The quantitative estimate of drug-likeness (QED) is 0.763. The summed E-state index contributed by atoms with van der Waals surface area (Å²) in [6, 6.07) is 7.86. The van der Waals surface area contributed by atoms with E-state index >= 15 is 0 Å². The van der Waals surface area contributed by atoms with Gasteiger partial charge < -0.3 is 14.5 Å². The molecule has 1 amide bonds. The van der Waals surface area contributed by atoms with Gasteiger partial charge >= 0.3 is 0 Å². The zero-order chi connectivity index (χ0) is 17.1. The second-order valence-corrected chi connectivity index (χ2v) is 5.14. The highest BCUT2D eigenvalue weighted by Gasteiger charge is 2.11. The lowest BCUT2D eigenvalue weighted by Crippen LogP contribution is -2.27. The van der Waals surface area contributed by atoms with Crippen molar-refractivity contribution in [3.63, 3.8) is 0 Å². The summed E-state index contributed by atoms with van der Waals surface area (Å²) in [5.41, 5.74) is 1.72. The lowest BCUT2D eigenvalue weighted by atomic mass is 10.2. The second kappa shape index (κ2) is 6.63. The summed E-state index contributed by atoms with van der Waals surface area (Å²) in [7, 11) is 1.53. The fourth-order valence-electron chi connectivity index (χ4n) is 2.22. The molecular weight excluding hydrogens is 312 g/mol. The first-order valence-electron chi connectivity index (χ1n) is 7.32. The van der Waals surface area contributed by atoms with Crippen molar-refractivity contribution in [3.8, 4) is 0 Å². The van der Waals surface area contributed by atoms with E-state index in [1.807, 2.05) is 0 Å². The third-order valence-corrected chi connectivity index (χ3v) is 3.36. The van der Waals surface area contributed by atoms with Gasteiger partial charge in [0.15, 0.2) is 11.5 Å². The van der Waals surface area contributed by atoms with E-state index in [0.717, 1.165) is 0 Å². The van der Waals surface area contributed by atoms with Gasteiger partial charge in [0.05, 0.1) is 13.2 Å². The van der Waals surface area contributed by atoms with Gasteiger partial charge in [0.25, 0.3) is 11.5 Å². The van der Waals surface area contributed by atoms with E-state index in [1.54, 1.807) is 25.1 Å². The number of benzene rings is 1. The van der Waals surface area contributed by atoms with Crippen LogP contribution < -0.4 is 10.9 Å². The first-order valence-corrected chi connectivity index (χ1v) is 7.32. The summed E-state index contributed by atoms with van der Waals surface area (Å²) in [5.74, 6) is 0.140. The van der Waals surface area contributed by atoms with Crippen LogP contribution in [0.3, 0.4) is 0 Å². The molecule has 0 bridgehead atoms. The molecular formula is C16H16N4O4. The predicted octanol–water partition coefficient (Wildman–Crippen LogP) is 1.59. The van der Waals surface area contributed by atoms with Crippen molar-refractivity contribution in [2.45, 2.75) is 13.5 Å². The van der Waals surface area contributed by atoms with E-state index in [9.17, 15) is 9.59 Å². The van der Waals surface area contributed by atoms with Crippen LogP contribution >= 0.6 is 0 Å². The van der Waals surface area contributed by atoms with Crippen molar-refractivity contribution in [1.29, 1.82) is 0 Å². The van der Waals surface area contributed by atoms with Crippen LogP contribution in [0.4, 0.5) is 5.69 Å². The molecule has 0 spiro atoms. The molecule has 3 aromatic rings. The predicted molar refractivity (Wildman–Crippen MR) is 87.1 cm³/mol. The number of aromatic nitrogens is 3. The molecule has 1 N–H and O–H groups in total.